The van der Waals surface area contributed by atoms with Crippen molar-refractivity contribution in [2.75, 3.05) is 0 Å². The molecule has 20 heavy (non-hydrogen) atoms. The molecule has 0 spiro atoms. The van der Waals surface area contributed by atoms with Gasteiger partial charge in [0.05, 0.1) is 18.0 Å². The highest BCUT2D eigenvalue weighted by molar-refractivity contribution is 5.34. The Kier molecular flexibility index (Phi) is 4.74. The lowest BCUT2D eigenvalue weighted by molar-refractivity contribution is 0.169. The molecule has 1 unspecified atom stereocenters. The van der Waals surface area contributed by atoms with E-state index in [1.165, 1.54) is 5.56 Å². The van der Waals surface area contributed by atoms with E-state index in [2.05, 4.69) is 24.9 Å². The number of rotatable bonds is 5. The lowest BCUT2D eigenvalue weighted by atomic mass is 10.0. The molecule has 1 heterocycles. The third kappa shape index (κ3) is 3.58. The minimum absolute atomic E-state index is 0.471. The van der Waals surface area contributed by atoms with Crippen molar-refractivity contribution in [3.05, 3.63) is 53.9 Å². The first kappa shape index (κ1) is 14.5. The lowest BCUT2D eigenvalue weighted by Gasteiger charge is -2.11. The average Bonchev–Trinajstić information content (AvgIpc) is 2.47. The molecule has 0 radical (unpaired) electrons. The van der Waals surface area contributed by atoms with Crippen molar-refractivity contribution in [1.82, 2.24) is 4.98 Å². The molecule has 106 valence electrons. The lowest BCUT2D eigenvalue weighted by Crippen LogP contribution is -1.98. The van der Waals surface area contributed by atoms with Gasteiger partial charge in [-0.25, -0.2) is 0 Å². The van der Waals surface area contributed by atoms with E-state index in [0.29, 0.717) is 23.8 Å². The maximum absolute atomic E-state index is 9.70. The van der Waals surface area contributed by atoms with E-state index in [4.69, 9.17) is 4.74 Å². The number of pyridine rings is 1. The maximum atomic E-state index is 9.70. The van der Waals surface area contributed by atoms with Crippen LogP contribution in [-0.2, 0) is 0 Å². The van der Waals surface area contributed by atoms with Crippen LogP contribution in [0.5, 0.6) is 11.5 Å². The number of hydrogen-bond acceptors (Lipinski definition) is 3. The Morgan fingerprint density at radius 3 is 2.55 bits per heavy atom. The Bertz CT molecular complexity index is 549. The third-order valence-corrected chi connectivity index (χ3v) is 3.25. The van der Waals surface area contributed by atoms with Gasteiger partial charge in [-0.15, -0.1) is 0 Å². The monoisotopic (exact) mass is 271 g/mol. The van der Waals surface area contributed by atoms with Crippen LogP contribution in [0.15, 0.2) is 42.6 Å². The number of nitrogens with zero attached hydrogens (tertiary/aromatic N) is 1. The molecule has 0 saturated carbocycles. The third-order valence-electron chi connectivity index (χ3n) is 3.25. The summed E-state index contributed by atoms with van der Waals surface area (Å²) in [6, 6.07) is 11.7. The van der Waals surface area contributed by atoms with Crippen molar-refractivity contribution in [2.24, 2.45) is 0 Å². The number of aromatic nitrogens is 1. The van der Waals surface area contributed by atoms with Gasteiger partial charge < -0.3 is 9.84 Å². The van der Waals surface area contributed by atoms with E-state index in [1.807, 2.05) is 31.2 Å². The Morgan fingerprint density at radius 1 is 1.15 bits per heavy atom. The van der Waals surface area contributed by atoms with Crippen LogP contribution >= 0.6 is 0 Å². The quantitative estimate of drug-likeness (QED) is 0.874. The van der Waals surface area contributed by atoms with Gasteiger partial charge in [-0.05, 0) is 42.2 Å². The summed E-state index contributed by atoms with van der Waals surface area (Å²) in [6.45, 7) is 6.23. The second-order valence-electron chi connectivity index (χ2n) is 5.17. The van der Waals surface area contributed by atoms with Crippen molar-refractivity contribution in [1.29, 1.82) is 0 Å². The molecule has 0 aliphatic rings. The first-order valence-electron chi connectivity index (χ1n) is 7.02. The van der Waals surface area contributed by atoms with Crippen LogP contribution in [0.3, 0.4) is 0 Å². The molecule has 0 bridgehead atoms. The highest BCUT2D eigenvalue weighted by Crippen LogP contribution is 2.25. The molecule has 0 aliphatic heterocycles. The van der Waals surface area contributed by atoms with Crippen LogP contribution in [0.2, 0.25) is 0 Å². The average molecular weight is 271 g/mol. The topological polar surface area (TPSA) is 42.4 Å². The van der Waals surface area contributed by atoms with Crippen molar-refractivity contribution < 1.29 is 9.84 Å². The number of hydrogen-bond donors (Lipinski definition) is 1. The van der Waals surface area contributed by atoms with E-state index >= 15 is 0 Å². The van der Waals surface area contributed by atoms with Crippen LogP contribution in [0.25, 0.3) is 0 Å². The molecular formula is C17H21NO2. The minimum Gasteiger partial charge on any atom is -0.456 e. The van der Waals surface area contributed by atoms with Crippen LogP contribution in [0.4, 0.5) is 0 Å². The molecule has 1 atom stereocenters. The summed E-state index contributed by atoms with van der Waals surface area (Å²) in [5.74, 6) is 1.96. The smallest absolute Gasteiger partial charge is 0.145 e. The summed E-state index contributed by atoms with van der Waals surface area (Å²) in [5, 5.41) is 9.70. The van der Waals surface area contributed by atoms with Crippen molar-refractivity contribution >= 4 is 0 Å². The van der Waals surface area contributed by atoms with E-state index in [9.17, 15) is 5.11 Å². The molecule has 2 rings (SSSR count). The Labute approximate surface area is 120 Å². The van der Waals surface area contributed by atoms with E-state index in [0.717, 1.165) is 5.75 Å². The van der Waals surface area contributed by atoms with Gasteiger partial charge in [-0.2, -0.15) is 0 Å². The fraction of sp³-hybridized carbons (Fsp3) is 0.353. The number of aliphatic hydroxyl groups is 1. The first-order valence-corrected chi connectivity index (χ1v) is 7.02. The summed E-state index contributed by atoms with van der Waals surface area (Å²) < 4.78 is 5.79. The van der Waals surface area contributed by atoms with Crippen molar-refractivity contribution in [3.63, 3.8) is 0 Å². The van der Waals surface area contributed by atoms with Crippen LogP contribution in [0, 0.1) is 0 Å². The zero-order valence-corrected chi connectivity index (χ0v) is 12.2. The second kappa shape index (κ2) is 6.53. The number of aliphatic hydroxyl groups excluding tert-OH is 1. The molecule has 2 aromatic rings. The van der Waals surface area contributed by atoms with Gasteiger partial charge in [0, 0.05) is 0 Å². The number of ether oxygens (including phenoxy) is 1. The molecule has 3 heteroatoms. The highest BCUT2D eigenvalue weighted by Gasteiger charge is 2.07. The van der Waals surface area contributed by atoms with Gasteiger partial charge in [-0.1, -0.05) is 32.9 Å². The largest absolute Gasteiger partial charge is 0.456 e. The Morgan fingerprint density at radius 2 is 1.95 bits per heavy atom. The molecule has 3 nitrogen and oxygen atoms in total. The molecule has 0 amide bonds. The summed E-state index contributed by atoms with van der Waals surface area (Å²) in [5.41, 5.74) is 1.92. The summed E-state index contributed by atoms with van der Waals surface area (Å²) >= 11 is 0. The van der Waals surface area contributed by atoms with Gasteiger partial charge in [0.2, 0.25) is 0 Å². The summed E-state index contributed by atoms with van der Waals surface area (Å²) in [6.07, 6.45) is 1.80. The van der Waals surface area contributed by atoms with Gasteiger partial charge in [0.1, 0.15) is 11.5 Å². The van der Waals surface area contributed by atoms with Crippen LogP contribution < -0.4 is 4.74 Å². The normalized spacial score (nSPS) is 12.4. The van der Waals surface area contributed by atoms with Crippen molar-refractivity contribution in [2.45, 2.75) is 39.2 Å². The van der Waals surface area contributed by atoms with Gasteiger partial charge in [0.15, 0.2) is 0 Å². The predicted octanol–water partition coefficient (Wildman–Crippen LogP) is 4.44. The summed E-state index contributed by atoms with van der Waals surface area (Å²) in [7, 11) is 0. The molecule has 1 N–H and O–H groups in total. The highest BCUT2D eigenvalue weighted by atomic mass is 16.5. The second-order valence-corrected chi connectivity index (χ2v) is 5.17. The van der Waals surface area contributed by atoms with E-state index in [-0.39, 0.29) is 0 Å². The van der Waals surface area contributed by atoms with Gasteiger partial charge in [-0.3, -0.25) is 4.98 Å². The molecule has 1 aromatic carbocycles. The van der Waals surface area contributed by atoms with Crippen LogP contribution in [-0.4, -0.2) is 10.1 Å². The van der Waals surface area contributed by atoms with Gasteiger partial charge >= 0.3 is 0 Å². The Balaban J connectivity index is 2.12. The zero-order valence-electron chi connectivity index (χ0n) is 12.2. The summed E-state index contributed by atoms with van der Waals surface area (Å²) in [4.78, 5) is 4.23. The SMILES string of the molecule is CCC(O)c1ccc(Oc2cccc(C(C)C)c2)cn1. The molecule has 0 saturated heterocycles. The first-order chi connectivity index (χ1) is 9.60. The fourth-order valence-corrected chi connectivity index (χ4v) is 1.93. The minimum atomic E-state index is -0.506. The van der Waals surface area contributed by atoms with E-state index in [1.54, 1.807) is 12.3 Å². The predicted molar refractivity (Wildman–Crippen MR) is 80.1 cm³/mol. The molecule has 0 fully saturated rings. The van der Waals surface area contributed by atoms with E-state index < -0.39 is 6.10 Å². The number of benzene rings is 1. The zero-order chi connectivity index (χ0) is 14.5. The Hall–Kier alpha value is -1.87. The molecule has 0 aliphatic carbocycles. The molecule has 1 aromatic heterocycles. The van der Waals surface area contributed by atoms with Crippen molar-refractivity contribution in [3.8, 4) is 11.5 Å². The van der Waals surface area contributed by atoms with Gasteiger partial charge in [0.25, 0.3) is 0 Å². The molecular weight excluding hydrogens is 250 g/mol. The maximum Gasteiger partial charge on any atom is 0.145 e. The van der Waals surface area contributed by atoms with Crippen LogP contribution in [0.1, 0.15) is 50.5 Å². The standard InChI is InChI=1S/C17H21NO2/c1-4-17(19)16-9-8-15(11-18-16)20-14-7-5-6-13(10-14)12(2)3/h5-12,17,19H,4H2,1-3H3. The fourth-order valence-electron chi connectivity index (χ4n) is 1.93.